The summed E-state index contributed by atoms with van der Waals surface area (Å²) in [7, 11) is -3.34. The van der Waals surface area contributed by atoms with Gasteiger partial charge in [-0.1, -0.05) is 35.6 Å². The van der Waals surface area contributed by atoms with E-state index in [1.807, 2.05) is 26.0 Å². The highest BCUT2D eigenvalue weighted by Gasteiger charge is 2.37. The maximum Gasteiger partial charge on any atom is 0.315 e. The number of amides is 1. The van der Waals surface area contributed by atoms with Crippen molar-refractivity contribution in [2.45, 2.75) is 74.2 Å². The number of carbonyl (C=O) groups is 2. The lowest BCUT2D eigenvalue weighted by Crippen LogP contribution is -2.31. The quantitative estimate of drug-likeness (QED) is 0.255. The zero-order chi connectivity index (χ0) is 30.6. The molecule has 0 spiro atoms. The lowest BCUT2D eigenvalue weighted by Gasteiger charge is -2.27. The third kappa shape index (κ3) is 7.43. The molecule has 2 heterocycles. The molecule has 1 aliphatic carbocycles. The van der Waals surface area contributed by atoms with Gasteiger partial charge in [-0.2, -0.15) is 0 Å². The Morgan fingerprint density at radius 3 is 2.35 bits per heavy atom. The van der Waals surface area contributed by atoms with Crippen molar-refractivity contribution in [1.29, 1.82) is 0 Å². The van der Waals surface area contributed by atoms with Crippen LogP contribution in [0, 0.1) is 0 Å². The van der Waals surface area contributed by atoms with E-state index in [4.69, 9.17) is 18.9 Å². The molecule has 1 N–H and O–H groups in total. The first-order chi connectivity index (χ1) is 20.6. The number of hydrogen-bond donors (Lipinski definition) is 1. The largest absolute Gasteiger partial charge is 0.465 e. The molecule has 1 atom stereocenters. The van der Waals surface area contributed by atoms with E-state index in [0.29, 0.717) is 67.0 Å². The maximum atomic E-state index is 13.5. The van der Waals surface area contributed by atoms with Crippen LogP contribution in [0.3, 0.4) is 0 Å². The first-order valence-corrected chi connectivity index (χ1v) is 16.7. The summed E-state index contributed by atoms with van der Waals surface area (Å²) in [6, 6.07) is 13.5. The highest BCUT2D eigenvalue weighted by Crippen LogP contribution is 2.36. The van der Waals surface area contributed by atoms with Gasteiger partial charge < -0.3 is 18.9 Å². The van der Waals surface area contributed by atoms with Gasteiger partial charge >= 0.3 is 5.97 Å². The number of benzene rings is 2. The smallest absolute Gasteiger partial charge is 0.315 e. The first-order valence-electron chi connectivity index (χ1n) is 14.4. The van der Waals surface area contributed by atoms with Crippen LogP contribution in [0.25, 0.3) is 0 Å². The van der Waals surface area contributed by atoms with Gasteiger partial charge in [-0.15, -0.1) is 0 Å². The number of hydrogen-bond acceptors (Lipinski definition) is 10. The Morgan fingerprint density at radius 1 is 1.05 bits per heavy atom. The van der Waals surface area contributed by atoms with E-state index < -0.39 is 27.3 Å². The number of esters is 1. The molecular formula is C31H36N2O8S2. The van der Waals surface area contributed by atoms with Gasteiger partial charge in [0, 0.05) is 13.2 Å². The molecule has 2 aliphatic rings. The molecule has 1 amide bonds. The summed E-state index contributed by atoms with van der Waals surface area (Å²) in [4.78, 5) is 30.4. The Hall–Kier alpha value is -3.32. The fraction of sp³-hybridized carbons (Fsp3) is 0.452. The van der Waals surface area contributed by atoms with E-state index in [0.717, 1.165) is 16.9 Å². The summed E-state index contributed by atoms with van der Waals surface area (Å²) in [5.74, 6) is -0.174. The average Bonchev–Trinajstić information content (AvgIpc) is 3.78. The predicted molar refractivity (Wildman–Crippen MR) is 161 cm³/mol. The topological polar surface area (TPSA) is 130 Å². The minimum absolute atomic E-state index is 0.175. The molecule has 10 nitrogen and oxygen atoms in total. The molecular weight excluding hydrogens is 592 g/mol. The number of rotatable bonds is 12. The Balaban J connectivity index is 1.27. The number of carbonyl (C=O) groups excluding carboxylic acids is 2. The Bertz CT molecular complexity index is 1520. The summed E-state index contributed by atoms with van der Waals surface area (Å²) in [6.45, 7) is 6.80. The second-order valence-electron chi connectivity index (χ2n) is 11.1. The number of aromatic nitrogens is 1. The normalized spacial score (nSPS) is 16.8. The van der Waals surface area contributed by atoms with E-state index in [2.05, 4.69) is 10.3 Å². The Labute approximate surface area is 255 Å². The van der Waals surface area contributed by atoms with Crippen molar-refractivity contribution >= 4 is 38.2 Å². The number of ether oxygens (including phenoxy) is 4. The van der Waals surface area contributed by atoms with Gasteiger partial charge in [-0.3, -0.25) is 14.9 Å². The van der Waals surface area contributed by atoms with Crippen LogP contribution in [0.2, 0.25) is 0 Å². The Morgan fingerprint density at radius 2 is 1.72 bits per heavy atom. The van der Waals surface area contributed by atoms with Crippen LogP contribution in [0.5, 0.6) is 10.8 Å². The van der Waals surface area contributed by atoms with Crippen molar-refractivity contribution in [2.75, 3.05) is 25.1 Å². The van der Waals surface area contributed by atoms with Crippen LogP contribution in [0.1, 0.15) is 63.7 Å². The molecule has 2 aromatic carbocycles. The van der Waals surface area contributed by atoms with Gasteiger partial charge in [0.1, 0.15) is 5.75 Å². The lowest BCUT2D eigenvalue weighted by molar-refractivity contribution is -0.148. The van der Waals surface area contributed by atoms with Crippen molar-refractivity contribution in [1.82, 2.24) is 4.98 Å². The van der Waals surface area contributed by atoms with Crippen molar-refractivity contribution in [2.24, 2.45) is 0 Å². The number of thiazole rings is 1. The number of anilines is 1. The molecule has 2 fully saturated rings. The van der Waals surface area contributed by atoms with Crippen molar-refractivity contribution in [3.05, 3.63) is 65.9 Å². The summed E-state index contributed by atoms with van der Waals surface area (Å²) < 4.78 is 48.1. The molecule has 1 saturated carbocycles. The molecule has 230 valence electrons. The highest BCUT2D eigenvalue weighted by molar-refractivity contribution is 7.92. The number of sulfone groups is 1. The number of nitrogens with one attached hydrogen (secondary N) is 1. The molecule has 1 unspecified atom stereocenters. The van der Waals surface area contributed by atoms with Crippen molar-refractivity contribution in [3.8, 4) is 10.8 Å². The van der Waals surface area contributed by atoms with Crippen molar-refractivity contribution in [3.63, 3.8) is 0 Å². The standard InChI is InChI=1S/C31H36N2O8S2/c1-4-39-29(35)31(2,3)21-7-9-22(10-8-21)40-26-19-32-30(42-26)33-28(34)27(41-23-15-17-38-18-16-23)20-5-11-24(12-6-20)43(36,37)25-13-14-25/h5-12,19,23,25,27H,4,13-18H2,1-3H3,(H,32,33,34). The van der Waals surface area contributed by atoms with E-state index >= 15 is 0 Å². The van der Waals surface area contributed by atoms with Crippen LogP contribution in [0.15, 0.2) is 59.6 Å². The summed E-state index contributed by atoms with van der Waals surface area (Å²) in [6.07, 6.45) is 3.05. The van der Waals surface area contributed by atoms with E-state index in [9.17, 15) is 18.0 Å². The fourth-order valence-corrected chi connectivity index (χ4v) is 7.07. The van der Waals surface area contributed by atoms with E-state index in [-0.39, 0.29) is 22.2 Å². The summed E-state index contributed by atoms with van der Waals surface area (Å²) in [5, 5.41) is 3.30. The molecule has 3 aromatic rings. The highest BCUT2D eigenvalue weighted by atomic mass is 32.2. The van der Waals surface area contributed by atoms with E-state index in [1.165, 1.54) is 6.20 Å². The third-order valence-corrected chi connectivity index (χ3v) is 10.6. The SMILES string of the molecule is CCOC(=O)C(C)(C)c1ccc(Oc2cnc(NC(=O)C(OC3CCOCC3)c3ccc(S(=O)(=O)C4CC4)cc3)s2)cc1. The van der Waals surface area contributed by atoms with Crippen LogP contribution in [0.4, 0.5) is 5.13 Å². The molecule has 0 bridgehead atoms. The van der Waals surface area contributed by atoms with Gasteiger partial charge in [-0.05, 0) is 81.8 Å². The van der Waals surface area contributed by atoms with Crippen LogP contribution in [-0.2, 0) is 39.1 Å². The lowest BCUT2D eigenvalue weighted by atomic mass is 9.85. The van der Waals surface area contributed by atoms with Crippen LogP contribution >= 0.6 is 11.3 Å². The van der Waals surface area contributed by atoms with Crippen LogP contribution < -0.4 is 10.1 Å². The van der Waals surface area contributed by atoms with Gasteiger partial charge in [0.05, 0.1) is 34.5 Å². The van der Waals surface area contributed by atoms with Gasteiger partial charge in [0.2, 0.25) is 5.06 Å². The maximum absolute atomic E-state index is 13.5. The zero-order valence-electron chi connectivity index (χ0n) is 24.4. The summed E-state index contributed by atoms with van der Waals surface area (Å²) in [5.41, 5.74) is 0.549. The summed E-state index contributed by atoms with van der Waals surface area (Å²) >= 11 is 1.16. The second kappa shape index (κ2) is 13.1. The molecule has 1 aliphatic heterocycles. The molecule has 0 radical (unpaired) electrons. The predicted octanol–water partition coefficient (Wildman–Crippen LogP) is 5.59. The van der Waals surface area contributed by atoms with Crippen LogP contribution in [-0.4, -0.2) is 56.5 Å². The van der Waals surface area contributed by atoms with E-state index in [1.54, 1.807) is 43.3 Å². The van der Waals surface area contributed by atoms with Gasteiger partial charge in [0.15, 0.2) is 21.1 Å². The fourth-order valence-electron chi connectivity index (χ4n) is 4.72. The average molecular weight is 629 g/mol. The molecule has 1 saturated heterocycles. The van der Waals surface area contributed by atoms with Gasteiger partial charge in [0.25, 0.3) is 5.91 Å². The zero-order valence-corrected chi connectivity index (χ0v) is 26.0. The first kappa shape index (κ1) is 31.1. The minimum Gasteiger partial charge on any atom is -0.465 e. The molecule has 5 rings (SSSR count). The van der Waals surface area contributed by atoms with Crippen molar-refractivity contribution < 1.29 is 37.0 Å². The molecule has 1 aromatic heterocycles. The Kier molecular flexibility index (Phi) is 9.50. The molecule has 12 heteroatoms. The monoisotopic (exact) mass is 628 g/mol. The number of nitrogens with zero attached hydrogens (tertiary/aromatic N) is 1. The third-order valence-electron chi connectivity index (χ3n) is 7.50. The minimum atomic E-state index is -3.34. The second-order valence-corrected chi connectivity index (χ2v) is 14.3. The van der Waals surface area contributed by atoms with Gasteiger partial charge in [-0.25, -0.2) is 13.4 Å². The molecule has 43 heavy (non-hydrogen) atoms.